The Morgan fingerprint density at radius 1 is 1.04 bits per heavy atom. The quantitative estimate of drug-likeness (QED) is 0.665. The van der Waals surface area contributed by atoms with Crippen molar-refractivity contribution in [2.75, 3.05) is 18.5 Å². The SMILES string of the molecule is CCOc1ccc(OCC(=O)Nc2nc(-c3ccc(C)cc3)cs2)cc1. The number of hydrogen-bond donors (Lipinski definition) is 1. The van der Waals surface area contributed by atoms with Crippen LogP contribution in [0.5, 0.6) is 11.5 Å². The zero-order valence-corrected chi connectivity index (χ0v) is 15.5. The smallest absolute Gasteiger partial charge is 0.264 e. The predicted octanol–water partition coefficient (Wildman–Crippen LogP) is 4.53. The third kappa shape index (κ3) is 4.83. The maximum absolute atomic E-state index is 12.1. The van der Waals surface area contributed by atoms with Gasteiger partial charge in [-0.25, -0.2) is 4.98 Å². The van der Waals surface area contributed by atoms with Gasteiger partial charge >= 0.3 is 0 Å². The van der Waals surface area contributed by atoms with Gasteiger partial charge in [-0.1, -0.05) is 29.8 Å². The second-order valence-electron chi connectivity index (χ2n) is 5.65. The van der Waals surface area contributed by atoms with E-state index in [9.17, 15) is 4.79 Å². The van der Waals surface area contributed by atoms with Crippen LogP contribution >= 0.6 is 11.3 Å². The van der Waals surface area contributed by atoms with E-state index in [1.807, 2.05) is 55.6 Å². The molecule has 6 heteroatoms. The molecule has 0 unspecified atom stereocenters. The van der Waals surface area contributed by atoms with Crippen LogP contribution in [0.15, 0.2) is 53.9 Å². The molecule has 3 rings (SSSR count). The molecule has 26 heavy (non-hydrogen) atoms. The number of anilines is 1. The third-order valence-corrected chi connectivity index (χ3v) is 4.36. The largest absolute Gasteiger partial charge is 0.494 e. The van der Waals surface area contributed by atoms with E-state index in [2.05, 4.69) is 10.3 Å². The molecular formula is C20H20N2O3S. The Bertz CT molecular complexity index is 858. The summed E-state index contributed by atoms with van der Waals surface area (Å²) in [4.78, 5) is 16.5. The molecule has 0 saturated heterocycles. The van der Waals surface area contributed by atoms with Crippen LogP contribution in [0.2, 0.25) is 0 Å². The van der Waals surface area contributed by atoms with Crippen molar-refractivity contribution < 1.29 is 14.3 Å². The number of nitrogens with one attached hydrogen (secondary N) is 1. The fraction of sp³-hybridized carbons (Fsp3) is 0.200. The average molecular weight is 368 g/mol. The fourth-order valence-electron chi connectivity index (χ4n) is 2.29. The van der Waals surface area contributed by atoms with Crippen molar-refractivity contribution in [1.29, 1.82) is 0 Å². The summed E-state index contributed by atoms with van der Waals surface area (Å²) in [5.74, 6) is 1.14. The summed E-state index contributed by atoms with van der Waals surface area (Å²) in [6, 6.07) is 15.3. The highest BCUT2D eigenvalue weighted by Crippen LogP contribution is 2.25. The number of ether oxygens (including phenoxy) is 2. The average Bonchev–Trinajstić information content (AvgIpc) is 3.10. The van der Waals surface area contributed by atoms with Crippen LogP contribution in [-0.4, -0.2) is 24.1 Å². The molecule has 3 aromatic rings. The van der Waals surface area contributed by atoms with Gasteiger partial charge in [-0.3, -0.25) is 10.1 Å². The Morgan fingerprint density at radius 2 is 1.69 bits per heavy atom. The standard InChI is InChI=1S/C20H20N2O3S/c1-3-24-16-8-10-17(11-9-16)25-12-19(23)22-20-21-18(13-26-20)15-6-4-14(2)5-7-15/h4-11,13H,3,12H2,1-2H3,(H,21,22,23). The van der Waals surface area contributed by atoms with Gasteiger partial charge < -0.3 is 9.47 Å². The van der Waals surface area contributed by atoms with Gasteiger partial charge in [-0.2, -0.15) is 0 Å². The first kappa shape index (κ1) is 17.9. The van der Waals surface area contributed by atoms with Gasteiger partial charge in [0.15, 0.2) is 11.7 Å². The van der Waals surface area contributed by atoms with Crippen molar-refractivity contribution in [1.82, 2.24) is 4.98 Å². The van der Waals surface area contributed by atoms with Crippen molar-refractivity contribution in [3.63, 3.8) is 0 Å². The molecule has 1 heterocycles. The van der Waals surface area contributed by atoms with Crippen LogP contribution in [0.25, 0.3) is 11.3 Å². The first-order chi connectivity index (χ1) is 12.6. The second kappa shape index (κ2) is 8.49. The lowest BCUT2D eigenvalue weighted by Gasteiger charge is -2.07. The number of thiazole rings is 1. The van der Waals surface area contributed by atoms with Crippen molar-refractivity contribution in [2.24, 2.45) is 0 Å². The molecule has 0 aliphatic rings. The molecule has 134 valence electrons. The molecule has 0 spiro atoms. The van der Waals surface area contributed by atoms with E-state index in [1.54, 1.807) is 12.1 Å². The summed E-state index contributed by atoms with van der Waals surface area (Å²) in [5.41, 5.74) is 3.07. The number of nitrogens with zero attached hydrogens (tertiary/aromatic N) is 1. The highest BCUT2D eigenvalue weighted by atomic mass is 32.1. The van der Waals surface area contributed by atoms with Gasteiger partial charge in [0.1, 0.15) is 11.5 Å². The Kier molecular flexibility index (Phi) is 5.86. The lowest BCUT2D eigenvalue weighted by molar-refractivity contribution is -0.118. The highest BCUT2D eigenvalue weighted by molar-refractivity contribution is 7.14. The molecule has 0 bridgehead atoms. The first-order valence-corrected chi connectivity index (χ1v) is 9.20. The van der Waals surface area contributed by atoms with E-state index in [-0.39, 0.29) is 12.5 Å². The molecule has 0 aliphatic carbocycles. The van der Waals surface area contributed by atoms with Crippen molar-refractivity contribution in [3.05, 3.63) is 59.5 Å². The lowest BCUT2D eigenvalue weighted by Crippen LogP contribution is -2.20. The first-order valence-electron chi connectivity index (χ1n) is 8.32. The maximum atomic E-state index is 12.1. The summed E-state index contributed by atoms with van der Waals surface area (Å²) in [5, 5.41) is 5.24. The Labute approximate surface area is 156 Å². The zero-order chi connectivity index (χ0) is 18.4. The predicted molar refractivity (Wildman–Crippen MR) is 104 cm³/mol. The number of carbonyl (C=O) groups excluding carboxylic acids is 1. The van der Waals surface area contributed by atoms with Gasteiger partial charge in [-0.15, -0.1) is 11.3 Å². The van der Waals surface area contributed by atoms with Crippen LogP contribution in [-0.2, 0) is 4.79 Å². The number of amides is 1. The number of rotatable bonds is 7. The second-order valence-corrected chi connectivity index (χ2v) is 6.50. The Balaban J connectivity index is 1.52. The normalized spacial score (nSPS) is 10.4. The van der Waals surface area contributed by atoms with Gasteiger partial charge in [-0.05, 0) is 38.1 Å². The molecule has 0 fully saturated rings. The molecule has 0 radical (unpaired) electrons. The molecule has 1 amide bonds. The number of benzene rings is 2. The van der Waals surface area contributed by atoms with Crippen molar-refractivity contribution in [3.8, 4) is 22.8 Å². The summed E-state index contributed by atoms with van der Waals surface area (Å²) in [7, 11) is 0. The number of aromatic nitrogens is 1. The zero-order valence-electron chi connectivity index (χ0n) is 14.7. The highest BCUT2D eigenvalue weighted by Gasteiger charge is 2.09. The van der Waals surface area contributed by atoms with Crippen LogP contribution in [0, 0.1) is 6.92 Å². The Hall–Kier alpha value is -2.86. The van der Waals surface area contributed by atoms with Crippen molar-refractivity contribution >= 4 is 22.4 Å². The third-order valence-electron chi connectivity index (χ3n) is 3.60. The van der Waals surface area contributed by atoms with Crippen LogP contribution in [0.4, 0.5) is 5.13 Å². The van der Waals surface area contributed by atoms with E-state index in [4.69, 9.17) is 9.47 Å². The molecular weight excluding hydrogens is 348 g/mol. The fourth-order valence-corrected chi connectivity index (χ4v) is 3.03. The lowest BCUT2D eigenvalue weighted by atomic mass is 10.1. The number of carbonyl (C=O) groups is 1. The van der Waals surface area contributed by atoms with Gasteiger partial charge in [0.05, 0.1) is 12.3 Å². The minimum atomic E-state index is -0.247. The van der Waals surface area contributed by atoms with Gasteiger partial charge in [0.2, 0.25) is 0 Å². The van der Waals surface area contributed by atoms with Gasteiger partial charge in [0, 0.05) is 10.9 Å². The molecule has 2 aromatic carbocycles. The summed E-state index contributed by atoms with van der Waals surface area (Å²) < 4.78 is 10.9. The van der Waals surface area contributed by atoms with E-state index >= 15 is 0 Å². The monoisotopic (exact) mass is 368 g/mol. The topological polar surface area (TPSA) is 60.5 Å². The molecule has 5 nitrogen and oxygen atoms in total. The molecule has 0 atom stereocenters. The minimum Gasteiger partial charge on any atom is -0.494 e. The van der Waals surface area contributed by atoms with E-state index in [1.165, 1.54) is 16.9 Å². The van der Waals surface area contributed by atoms with Crippen molar-refractivity contribution in [2.45, 2.75) is 13.8 Å². The van der Waals surface area contributed by atoms with Gasteiger partial charge in [0.25, 0.3) is 5.91 Å². The number of hydrogen-bond acceptors (Lipinski definition) is 5. The maximum Gasteiger partial charge on any atom is 0.264 e. The van der Waals surface area contributed by atoms with Crippen LogP contribution in [0.3, 0.4) is 0 Å². The van der Waals surface area contributed by atoms with E-state index in [0.29, 0.717) is 17.5 Å². The van der Waals surface area contributed by atoms with E-state index < -0.39 is 0 Å². The number of aryl methyl sites for hydroxylation is 1. The Morgan fingerprint density at radius 3 is 2.35 bits per heavy atom. The van der Waals surface area contributed by atoms with Crippen LogP contribution < -0.4 is 14.8 Å². The molecule has 1 N–H and O–H groups in total. The van der Waals surface area contributed by atoms with Crippen LogP contribution in [0.1, 0.15) is 12.5 Å². The van der Waals surface area contributed by atoms with E-state index in [0.717, 1.165) is 17.0 Å². The summed E-state index contributed by atoms with van der Waals surface area (Å²) in [6.07, 6.45) is 0. The molecule has 0 saturated carbocycles. The molecule has 0 aliphatic heterocycles. The minimum absolute atomic E-state index is 0.0760. The summed E-state index contributed by atoms with van der Waals surface area (Å²) >= 11 is 1.39. The summed E-state index contributed by atoms with van der Waals surface area (Å²) in [6.45, 7) is 4.51. The molecule has 1 aromatic heterocycles.